The Balaban J connectivity index is 1.70. The maximum absolute atomic E-state index is 11.7. The number of benzene rings is 1. The van der Waals surface area contributed by atoms with Gasteiger partial charge in [-0.1, -0.05) is 17.7 Å². The van der Waals surface area contributed by atoms with Gasteiger partial charge in [-0.05, 0) is 36.1 Å². The minimum atomic E-state index is 0.0273. The lowest BCUT2D eigenvalue weighted by molar-refractivity contribution is -0.118. The molecule has 0 aliphatic heterocycles. The molecule has 0 unspecified atom stereocenters. The van der Waals surface area contributed by atoms with E-state index in [0.717, 1.165) is 11.3 Å². The van der Waals surface area contributed by atoms with Crippen molar-refractivity contribution >= 4 is 46.3 Å². The Morgan fingerprint density at radius 3 is 2.95 bits per heavy atom. The van der Waals surface area contributed by atoms with Crippen molar-refractivity contribution < 1.29 is 4.79 Å². The Kier molecular flexibility index (Phi) is 5.76. The van der Waals surface area contributed by atoms with Crippen molar-refractivity contribution in [2.45, 2.75) is 11.3 Å². The lowest BCUT2D eigenvalue weighted by atomic mass is 10.3. The van der Waals surface area contributed by atoms with Crippen LogP contribution in [0.5, 0.6) is 0 Å². The van der Waals surface area contributed by atoms with Crippen LogP contribution in [0.4, 0.5) is 5.69 Å². The molecule has 0 radical (unpaired) electrons. The number of nitrogens with one attached hydrogen (secondary N) is 1. The van der Waals surface area contributed by atoms with Crippen LogP contribution >= 0.6 is 34.7 Å². The fraction of sp³-hybridized carbons (Fsp3) is 0.214. The third-order valence-electron chi connectivity index (χ3n) is 2.62. The molecule has 0 atom stereocenters. The van der Waals surface area contributed by atoms with Crippen molar-refractivity contribution in [1.29, 1.82) is 0 Å². The van der Waals surface area contributed by atoms with Gasteiger partial charge in [0.15, 0.2) is 0 Å². The van der Waals surface area contributed by atoms with Crippen LogP contribution in [0.25, 0.3) is 0 Å². The summed E-state index contributed by atoms with van der Waals surface area (Å²) < 4.78 is 0. The molecule has 0 bridgehead atoms. The van der Waals surface area contributed by atoms with Gasteiger partial charge in [0.05, 0.1) is 16.5 Å². The van der Waals surface area contributed by atoms with Crippen LogP contribution in [-0.2, 0) is 11.2 Å². The van der Waals surface area contributed by atoms with Gasteiger partial charge in [0, 0.05) is 16.3 Å². The molecule has 3 nitrogen and oxygen atoms in total. The molecule has 1 heterocycles. The fourth-order valence-corrected chi connectivity index (χ4v) is 3.30. The quantitative estimate of drug-likeness (QED) is 0.631. The van der Waals surface area contributed by atoms with Crippen molar-refractivity contribution in [3.63, 3.8) is 0 Å². The third kappa shape index (κ3) is 4.74. The van der Waals surface area contributed by atoms with E-state index in [2.05, 4.69) is 11.4 Å². The first-order valence-electron chi connectivity index (χ1n) is 6.12. The number of rotatable bonds is 6. The number of halogens is 1. The Morgan fingerprint density at radius 1 is 1.40 bits per heavy atom. The van der Waals surface area contributed by atoms with Gasteiger partial charge >= 0.3 is 0 Å². The van der Waals surface area contributed by atoms with Crippen molar-refractivity contribution in [2.75, 3.05) is 18.0 Å². The molecule has 1 aromatic carbocycles. The molecule has 2 aromatic rings. The molecular formula is C14H15ClN2OS2. The molecular weight excluding hydrogens is 312 g/mol. The predicted molar refractivity (Wildman–Crippen MR) is 87.6 cm³/mol. The van der Waals surface area contributed by atoms with E-state index in [0.29, 0.717) is 23.0 Å². The molecule has 0 aliphatic carbocycles. The second-order valence-electron chi connectivity index (χ2n) is 4.15. The predicted octanol–water partition coefficient (Wildman–Crippen LogP) is 3.43. The zero-order chi connectivity index (χ0) is 14.4. The summed E-state index contributed by atoms with van der Waals surface area (Å²) in [6, 6.07) is 9.48. The number of hydrogen-bond donors (Lipinski definition) is 2. The molecule has 0 saturated heterocycles. The lowest BCUT2D eigenvalue weighted by Crippen LogP contribution is -2.27. The van der Waals surface area contributed by atoms with E-state index < -0.39 is 0 Å². The highest BCUT2D eigenvalue weighted by Crippen LogP contribution is 2.26. The van der Waals surface area contributed by atoms with Gasteiger partial charge in [-0.3, -0.25) is 4.79 Å². The van der Waals surface area contributed by atoms with Crippen molar-refractivity contribution in [3.8, 4) is 0 Å². The van der Waals surface area contributed by atoms with Crippen LogP contribution in [0.3, 0.4) is 0 Å². The Bertz CT molecular complexity index is 573. The van der Waals surface area contributed by atoms with Crippen LogP contribution in [0.1, 0.15) is 4.88 Å². The molecule has 20 heavy (non-hydrogen) atoms. The lowest BCUT2D eigenvalue weighted by Gasteiger charge is -2.05. The highest BCUT2D eigenvalue weighted by molar-refractivity contribution is 8.00. The minimum Gasteiger partial charge on any atom is -0.398 e. The summed E-state index contributed by atoms with van der Waals surface area (Å²) in [5.74, 6) is 0.407. The summed E-state index contributed by atoms with van der Waals surface area (Å²) in [5, 5.41) is 5.47. The van der Waals surface area contributed by atoms with E-state index in [1.165, 1.54) is 16.6 Å². The number of nitrogen functional groups attached to an aromatic ring is 1. The molecule has 1 amide bonds. The van der Waals surface area contributed by atoms with Crippen LogP contribution < -0.4 is 11.1 Å². The molecule has 3 N–H and O–H groups in total. The zero-order valence-corrected chi connectivity index (χ0v) is 13.2. The van der Waals surface area contributed by atoms with Gasteiger partial charge in [-0.2, -0.15) is 0 Å². The SMILES string of the molecule is Nc1ccc(SCC(=O)NCCc2cccs2)cc1Cl. The van der Waals surface area contributed by atoms with Crippen molar-refractivity contribution in [1.82, 2.24) is 5.32 Å². The van der Waals surface area contributed by atoms with Crippen molar-refractivity contribution in [3.05, 3.63) is 45.6 Å². The average molecular weight is 327 g/mol. The summed E-state index contributed by atoms with van der Waals surface area (Å²) >= 11 is 9.09. The largest absolute Gasteiger partial charge is 0.398 e. The first-order chi connectivity index (χ1) is 9.65. The van der Waals surface area contributed by atoms with Crippen LogP contribution in [-0.4, -0.2) is 18.2 Å². The summed E-state index contributed by atoms with van der Waals surface area (Å²) in [6.45, 7) is 0.669. The molecule has 0 spiro atoms. The Hall–Kier alpha value is -1.17. The van der Waals surface area contributed by atoms with Gasteiger partial charge in [0.25, 0.3) is 0 Å². The topological polar surface area (TPSA) is 55.1 Å². The molecule has 1 aromatic heterocycles. The highest BCUT2D eigenvalue weighted by atomic mass is 35.5. The molecule has 2 rings (SSSR count). The van der Waals surface area contributed by atoms with Gasteiger partial charge < -0.3 is 11.1 Å². The molecule has 0 saturated carbocycles. The second-order valence-corrected chi connectivity index (χ2v) is 6.64. The fourth-order valence-electron chi connectivity index (χ4n) is 1.58. The van der Waals surface area contributed by atoms with E-state index in [-0.39, 0.29) is 5.91 Å². The first-order valence-corrected chi connectivity index (χ1v) is 8.36. The number of carbonyl (C=O) groups excluding carboxylic acids is 1. The number of thiophene rings is 1. The van der Waals surface area contributed by atoms with E-state index in [4.69, 9.17) is 17.3 Å². The zero-order valence-electron chi connectivity index (χ0n) is 10.8. The summed E-state index contributed by atoms with van der Waals surface area (Å²) in [7, 11) is 0. The summed E-state index contributed by atoms with van der Waals surface area (Å²) in [5.41, 5.74) is 6.19. The Labute approximate surface area is 131 Å². The van der Waals surface area contributed by atoms with Gasteiger partial charge in [0.1, 0.15) is 0 Å². The first kappa shape index (κ1) is 15.2. The van der Waals surface area contributed by atoms with Crippen LogP contribution in [0.2, 0.25) is 5.02 Å². The minimum absolute atomic E-state index is 0.0273. The molecule has 106 valence electrons. The number of carbonyl (C=O) groups is 1. The third-order valence-corrected chi connectivity index (χ3v) is 4.87. The Morgan fingerprint density at radius 2 is 2.25 bits per heavy atom. The maximum Gasteiger partial charge on any atom is 0.230 e. The average Bonchev–Trinajstić information content (AvgIpc) is 2.93. The van der Waals surface area contributed by atoms with Gasteiger partial charge in [-0.15, -0.1) is 23.1 Å². The number of amides is 1. The number of hydrogen-bond acceptors (Lipinski definition) is 4. The molecule has 0 aliphatic rings. The normalized spacial score (nSPS) is 10.4. The number of nitrogens with two attached hydrogens (primary N) is 1. The number of thioether (sulfide) groups is 1. The summed E-state index contributed by atoms with van der Waals surface area (Å²) in [6.07, 6.45) is 0.877. The van der Waals surface area contributed by atoms with Crippen molar-refractivity contribution in [2.24, 2.45) is 0 Å². The highest BCUT2D eigenvalue weighted by Gasteiger charge is 2.04. The summed E-state index contributed by atoms with van der Waals surface area (Å²) in [4.78, 5) is 13.9. The molecule has 6 heteroatoms. The van der Waals surface area contributed by atoms with Crippen LogP contribution in [0, 0.1) is 0 Å². The standard InChI is InChI=1S/C14H15ClN2OS2/c15-12-8-11(3-4-13(12)16)20-9-14(18)17-6-5-10-2-1-7-19-10/h1-4,7-8H,5-6,9,16H2,(H,17,18). The molecule has 0 fully saturated rings. The number of anilines is 1. The van der Waals surface area contributed by atoms with E-state index >= 15 is 0 Å². The monoisotopic (exact) mass is 326 g/mol. The maximum atomic E-state index is 11.7. The van der Waals surface area contributed by atoms with E-state index in [1.54, 1.807) is 23.5 Å². The second kappa shape index (κ2) is 7.57. The van der Waals surface area contributed by atoms with E-state index in [9.17, 15) is 4.79 Å². The smallest absolute Gasteiger partial charge is 0.230 e. The van der Waals surface area contributed by atoms with Gasteiger partial charge in [-0.25, -0.2) is 0 Å². The van der Waals surface area contributed by atoms with Crippen LogP contribution in [0.15, 0.2) is 40.6 Å². The van der Waals surface area contributed by atoms with E-state index in [1.807, 2.05) is 17.5 Å². The van der Waals surface area contributed by atoms with Gasteiger partial charge in [0.2, 0.25) is 5.91 Å².